The molecule has 0 spiro atoms. The summed E-state index contributed by atoms with van der Waals surface area (Å²) >= 11 is 0. The molecule has 0 radical (unpaired) electrons. The summed E-state index contributed by atoms with van der Waals surface area (Å²) in [6.07, 6.45) is 3.37. The Labute approximate surface area is 214 Å². The number of piperidine rings is 1. The smallest absolute Gasteiger partial charge is 0.293 e. The number of likely N-dealkylation sites (N-methyl/N-ethyl adjacent to an activating group) is 1. The van der Waals surface area contributed by atoms with Crippen molar-refractivity contribution in [3.63, 3.8) is 0 Å². The Bertz CT molecular complexity index is 1430. The second-order valence-electron chi connectivity index (χ2n) is 9.11. The van der Waals surface area contributed by atoms with Gasteiger partial charge < -0.3 is 20.3 Å². The van der Waals surface area contributed by atoms with E-state index >= 15 is 0 Å². The molecule has 0 saturated carbocycles. The van der Waals surface area contributed by atoms with Gasteiger partial charge in [0.15, 0.2) is 12.4 Å². The molecule has 3 heterocycles. The summed E-state index contributed by atoms with van der Waals surface area (Å²) < 4.78 is 8.49. The fraction of sp³-hybridized carbons (Fsp3) is 0.423. The molecule has 11 nitrogen and oxygen atoms in total. The number of benzene rings is 1. The Morgan fingerprint density at radius 2 is 2.05 bits per heavy atom. The van der Waals surface area contributed by atoms with Crippen LogP contribution in [0, 0.1) is 11.8 Å². The van der Waals surface area contributed by atoms with E-state index in [1.807, 2.05) is 0 Å². The van der Waals surface area contributed by atoms with Gasteiger partial charge in [-0.2, -0.15) is 5.10 Å². The zero-order valence-electron chi connectivity index (χ0n) is 21.3. The van der Waals surface area contributed by atoms with Crippen molar-refractivity contribution in [1.82, 2.24) is 24.2 Å². The first-order chi connectivity index (χ1) is 17.8. The predicted octanol–water partition coefficient (Wildman–Crippen LogP) is 0.894. The van der Waals surface area contributed by atoms with E-state index in [9.17, 15) is 14.4 Å². The van der Waals surface area contributed by atoms with Crippen LogP contribution in [0.5, 0.6) is 5.75 Å². The number of ketones is 1. The molecule has 1 amide bonds. The van der Waals surface area contributed by atoms with E-state index in [1.54, 1.807) is 49.9 Å². The average Bonchev–Trinajstić information content (AvgIpc) is 3.27. The molecule has 1 fully saturated rings. The molecular formula is C26H31N7O4. The highest BCUT2D eigenvalue weighted by atomic mass is 16.5. The maximum atomic E-state index is 13.5. The Kier molecular flexibility index (Phi) is 7.89. The van der Waals surface area contributed by atoms with E-state index in [4.69, 9.17) is 10.5 Å². The van der Waals surface area contributed by atoms with Crippen LogP contribution < -0.4 is 20.9 Å². The maximum Gasteiger partial charge on any atom is 0.293 e. The monoisotopic (exact) mass is 505 g/mol. The molecule has 0 aliphatic carbocycles. The normalized spacial score (nSPS) is 15.2. The lowest BCUT2D eigenvalue weighted by molar-refractivity contribution is -0.130. The molecule has 1 aliphatic rings. The largest absolute Gasteiger partial charge is 0.483 e. The minimum Gasteiger partial charge on any atom is -0.483 e. The number of rotatable bonds is 8. The van der Waals surface area contributed by atoms with E-state index in [2.05, 4.69) is 26.8 Å². The molecule has 2 N–H and O–H groups in total. The summed E-state index contributed by atoms with van der Waals surface area (Å²) in [5, 5.41) is 4.22. The van der Waals surface area contributed by atoms with Gasteiger partial charge in [-0.3, -0.25) is 19.0 Å². The number of nitrogens with two attached hydrogens (primary N) is 1. The summed E-state index contributed by atoms with van der Waals surface area (Å²) in [5.41, 5.74) is 6.77. The molecular weight excluding hydrogens is 474 g/mol. The fourth-order valence-corrected chi connectivity index (χ4v) is 4.24. The van der Waals surface area contributed by atoms with E-state index in [0.717, 1.165) is 24.1 Å². The molecule has 1 unspecified atom stereocenters. The van der Waals surface area contributed by atoms with Gasteiger partial charge in [-0.05, 0) is 31.9 Å². The van der Waals surface area contributed by atoms with Gasteiger partial charge in [0.1, 0.15) is 23.3 Å². The van der Waals surface area contributed by atoms with Gasteiger partial charge >= 0.3 is 0 Å². The van der Waals surface area contributed by atoms with Crippen molar-refractivity contribution < 1.29 is 14.3 Å². The van der Waals surface area contributed by atoms with E-state index in [1.165, 1.54) is 11.1 Å². The van der Waals surface area contributed by atoms with Crippen molar-refractivity contribution in [3.8, 4) is 17.6 Å². The molecule has 1 saturated heterocycles. The number of ether oxygens (including phenoxy) is 1. The first-order valence-corrected chi connectivity index (χ1v) is 12.1. The third-order valence-electron chi connectivity index (χ3n) is 6.22. The molecule has 0 bridgehead atoms. The summed E-state index contributed by atoms with van der Waals surface area (Å²) in [4.78, 5) is 46.8. The first-order valence-electron chi connectivity index (χ1n) is 12.1. The Morgan fingerprint density at radius 1 is 1.27 bits per heavy atom. The van der Waals surface area contributed by atoms with Crippen LogP contribution in [0.1, 0.15) is 30.1 Å². The number of carbonyl (C=O) groups is 2. The van der Waals surface area contributed by atoms with Crippen LogP contribution in [0.4, 0.5) is 5.95 Å². The molecule has 3 aromatic rings. The SMILES string of the molecule is CC#CCn1c(N2CCCC(N)C2)nc2cnn(CC(=O)c3ccccc3OCC(=O)N(C)C)c(=O)c21. The topological polar surface area (TPSA) is 129 Å². The van der Waals surface area contributed by atoms with Crippen LogP contribution >= 0.6 is 0 Å². The minimum atomic E-state index is -0.440. The summed E-state index contributed by atoms with van der Waals surface area (Å²) in [6, 6.07) is 6.65. The first kappa shape index (κ1) is 25.9. The van der Waals surface area contributed by atoms with Crippen LogP contribution in [0.3, 0.4) is 0 Å². The number of imidazole rings is 1. The third kappa shape index (κ3) is 5.65. The standard InChI is InChI=1S/C26H31N7O4/c1-4-5-13-32-24-20(29-26(32)31-12-8-9-18(27)15-31)14-28-33(25(24)36)16-21(34)19-10-6-7-11-22(19)37-17-23(35)30(2)3/h6-7,10-11,14,18H,8-9,12-13,15-17,27H2,1-3H3. The van der Waals surface area contributed by atoms with Crippen molar-refractivity contribution in [1.29, 1.82) is 0 Å². The molecule has 37 heavy (non-hydrogen) atoms. The number of aromatic nitrogens is 4. The summed E-state index contributed by atoms with van der Waals surface area (Å²) in [6.45, 7) is 2.92. The molecule has 2 aromatic heterocycles. The quantitative estimate of drug-likeness (QED) is 0.353. The number of amides is 1. The number of hydrogen-bond donors (Lipinski definition) is 1. The van der Waals surface area contributed by atoms with Gasteiger partial charge in [0, 0.05) is 33.2 Å². The number of nitrogens with zero attached hydrogens (tertiary/aromatic N) is 6. The zero-order valence-corrected chi connectivity index (χ0v) is 21.3. The number of para-hydroxylation sites is 1. The average molecular weight is 506 g/mol. The molecule has 11 heteroatoms. The second kappa shape index (κ2) is 11.3. The molecule has 1 aromatic carbocycles. The minimum absolute atomic E-state index is 0.0296. The van der Waals surface area contributed by atoms with Gasteiger partial charge in [0.05, 0.1) is 18.3 Å². The molecule has 194 valence electrons. The maximum absolute atomic E-state index is 13.5. The lowest BCUT2D eigenvalue weighted by Gasteiger charge is -2.31. The van der Waals surface area contributed by atoms with E-state index in [0.29, 0.717) is 23.5 Å². The van der Waals surface area contributed by atoms with Gasteiger partial charge in [0.2, 0.25) is 5.95 Å². The van der Waals surface area contributed by atoms with Crippen LogP contribution in [-0.4, -0.2) is 75.8 Å². The van der Waals surface area contributed by atoms with E-state index < -0.39 is 5.56 Å². The summed E-state index contributed by atoms with van der Waals surface area (Å²) in [5.74, 6) is 6.17. The van der Waals surface area contributed by atoms with Crippen molar-refractivity contribution in [2.75, 3.05) is 38.7 Å². The number of carbonyl (C=O) groups excluding carboxylic acids is 2. The lowest BCUT2D eigenvalue weighted by atomic mass is 10.1. The highest BCUT2D eigenvalue weighted by Crippen LogP contribution is 2.23. The van der Waals surface area contributed by atoms with Gasteiger partial charge in [-0.25, -0.2) is 9.67 Å². The van der Waals surface area contributed by atoms with Gasteiger partial charge in [-0.15, -0.1) is 5.92 Å². The van der Waals surface area contributed by atoms with Gasteiger partial charge in [-0.1, -0.05) is 18.1 Å². The van der Waals surface area contributed by atoms with Crippen molar-refractivity contribution >= 4 is 28.7 Å². The highest BCUT2D eigenvalue weighted by molar-refractivity contribution is 5.98. The zero-order chi connectivity index (χ0) is 26.5. The highest BCUT2D eigenvalue weighted by Gasteiger charge is 2.25. The fourth-order valence-electron chi connectivity index (χ4n) is 4.24. The number of Topliss-reactive ketones (excluding diaryl/α,β-unsaturated/α-hetero) is 1. The van der Waals surface area contributed by atoms with Crippen molar-refractivity contribution in [2.24, 2.45) is 5.73 Å². The van der Waals surface area contributed by atoms with Crippen LogP contribution in [0.2, 0.25) is 0 Å². The van der Waals surface area contributed by atoms with Crippen molar-refractivity contribution in [2.45, 2.75) is 38.9 Å². The third-order valence-corrected chi connectivity index (χ3v) is 6.22. The Balaban J connectivity index is 1.66. The number of anilines is 1. The number of fused-ring (bicyclic) bond motifs is 1. The Hall–Kier alpha value is -4.17. The molecule has 4 rings (SSSR count). The molecule has 1 aliphatic heterocycles. The van der Waals surface area contributed by atoms with Crippen LogP contribution in [0.25, 0.3) is 11.0 Å². The van der Waals surface area contributed by atoms with Gasteiger partial charge in [0.25, 0.3) is 11.5 Å². The molecule has 1 atom stereocenters. The predicted molar refractivity (Wildman–Crippen MR) is 140 cm³/mol. The lowest BCUT2D eigenvalue weighted by Crippen LogP contribution is -2.44. The van der Waals surface area contributed by atoms with Crippen LogP contribution in [-0.2, 0) is 17.9 Å². The van der Waals surface area contributed by atoms with E-state index in [-0.39, 0.29) is 48.7 Å². The Morgan fingerprint density at radius 3 is 2.78 bits per heavy atom. The number of hydrogen-bond acceptors (Lipinski definition) is 8. The van der Waals surface area contributed by atoms with Crippen molar-refractivity contribution in [3.05, 3.63) is 46.4 Å². The second-order valence-corrected chi connectivity index (χ2v) is 9.11. The van der Waals surface area contributed by atoms with Crippen LogP contribution in [0.15, 0.2) is 35.3 Å². The summed E-state index contributed by atoms with van der Waals surface area (Å²) in [7, 11) is 3.25.